The van der Waals surface area contributed by atoms with Crippen molar-refractivity contribution in [3.63, 3.8) is 0 Å². The van der Waals surface area contributed by atoms with Gasteiger partial charge in [0.05, 0.1) is 11.5 Å². The highest BCUT2D eigenvalue weighted by Crippen LogP contribution is 2.18. The van der Waals surface area contributed by atoms with Gasteiger partial charge in [0.15, 0.2) is 15.7 Å². The minimum atomic E-state index is -4.09. The number of hydrogen-bond acceptors (Lipinski definition) is 5. The zero-order valence-corrected chi connectivity index (χ0v) is 17.2. The second-order valence-electron chi connectivity index (χ2n) is 5.39. The van der Waals surface area contributed by atoms with E-state index >= 15 is 0 Å². The molecule has 0 bridgehead atoms. The molecule has 0 aliphatic carbocycles. The van der Waals surface area contributed by atoms with Gasteiger partial charge in [0.2, 0.25) is 0 Å². The van der Waals surface area contributed by atoms with Crippen LogP contribution in [-0.4, -0.2) is 17.8 Å². The van der Waals surface area contributed by atoms with E-state index in [1.54, 1.807) is 54.6 Å². The zero-order chi connectivity index (χ0) is 19.0. The molecule has 7 heteroatoms. The van der Waals surface area contributed by atoms with E-state index in [-0.39, 0.29) is 4.90 Å². The van der Waals surface area contributed by atoms with Crippen LogP contribution in [0.15, 0.2) is 59.5 Å². The lowest BCUT2D eigenvalue weighted by molar-refractivity contribution is -0.652. The quantitative estimate of drug-likeness (QED) is 0.308. The summed E-state index contributed by atoms with van der Waals surface area (Å²) in [7, 11) is -4.09. The molecule has 134 valence electrons. The Bertz CT molecular complexity index is 900. The molecule has 5 nitrogen and oxygen atoms in total. The molecule has 26 heavy (non-hydrogen) atoms. The van der Waals surface area contributed by atoms with Crippen LogP contribution in [-0.2, 0) is 9.84 Å². The second-order valence-corrected chi connectivity index (χ2v) is 11.6. The van der Waals surface area contributed by atoms with E-state index in [1.165, 1.54) is 12.1 Å². The maximum atomic E-state index is 12.9. The number of hydrogen-bond donors (Lipinski definition) is 0. The molecule has 2 aromatic rings. The van der Waals surface area contributed by atoms with Gasteiger partial charge < -0.3 is 4.74 Å². The molecule has 0 aliphatic heterocycles. The van der Waals surface area contributed by atoms with Crippen molar-refractivity contribution in [2.24, 2.45) is 0 Å². The highest BCUT2D eigenvalue weighted by atomic mass is 127. The lowest BCUT2D eigenvalue weighted by Crippen LogP contribution is -3.68. The number of halogens is 1. The van der Waals surface area contributed by atoms with Crippen LogP contribution in [0.3, 0.4) is 0 Å². The molecule has 0 atom stereocenters. The summed E-state index contributed by atoms with van der Waals surface area (Å²) in [5, 5.41) is 19.2. The molecule has 0 aliphatic rings. The first-order valence-corrected chi connectivity index (χ1v) is 11.6. The summed E-state index contributed by atoms with van der Waals surface area (Å²) >= 11 is -1.44. The van der Waals surface area contributed by atoms with Crippen LogP contribution in [0.5, 0.6) is 5.75 Å². The number of nitrogens with zero attached hydrogens (tertiary/aromatic N) is 2. The number of benzene rings is 2. The van der Waals surface area contributed by atoms with Crippen LogP contribution >= 0.6 is 0 Å². The topological polar surface area (TPSA) is 90.9 Å². The van der Waals surface area contributed by atoms with E-state index in [2.05, 4.69) is 6.92 Å². The summed E-state index contributed by atoms with van der Waals surface area (Å²) in [5.41, 5.74) is 0. The average molecular weight is 481 g/mol. The minimum absolute atomic E-state index is 0.0117. The van der Waals surface area contributed by atoms with Crippen molar-refractivity contribution in [1.82, 2.24) is 0 Å². The van der Waals surface area contributed by atoms with Gasteiger partial charge in [0.1, 0.15) is 5.75 Å². The highest BCUT2D eigenvalue weighted by molar-refractivity contribution is 7.93. The van der Waals surface area contributed by atoms with Crippen molar-refractivity contribution in [3.8, 4) is 17.9 Å². The van der Waals surface area contributed by atoms with Crippen LogP contribution in [0.2, 0.25) is 0 Å². The van der Waals surface area contributed by atoms with Gasteiger partial charge in [0.25, 0.3) is 9.84 Å². The SMILES string of the molecule is CCCCOc1ccc([I+]C(C#N)(C#N)S(=O)(=O)c2ccccc2)cc1. The van der Waals surface area contributed by atoms with E-state index in [0.29, 0.717) is 15.9 Å². The molecular weight excluding hydrogens is 463 g/mol. The van der Waals surface area contributed by atoms with Gasteiger partial charge >= 0.3 is 24.0 Å². The number of ether oxygens (including phenoxy) is 1. The number of alkyl halides is 1. The van der Waals surface area contributed by atoms with Gasteiger partial charge in [-0.2, -0.15) is 10.5 Å². The van der Waals surface area contributed by atoms with Crippen LogP contribution in [0.1, 0.15) is 19.8 Å². The predicted octanol–water partition coefficient (Wildman–Crippen LogP) is 0.341. The van der Waals surface area contributed by atoms with Crippen molar-refractivity contribution >= 4 is 9.84 Å². The largest absolute Gasteiger partial charge is 0.494 e. The Kier molecular flexibility index (Phi) is 7.01. The third-order valence-corrected chi connectivity index (χ3v) is 10.2. The Balaban J connectivity index is 2.29. The van der Waals surface area contributed by atoms with Crippen molar-refractivity contribution < 1.29 is 34.4 Å². The number of nitriles is 2. The average Bonchev–Trinajstić information content (AvgIpc) is 2.68. The van der Waals surface area contributed by atoms with E-state index in [4.69, 9.17) is 4.74 Å². The molecule has 0 unspecified atom stereocenters. The molecule has 2 aromatic carbocycles. The van der Waals surface area contributed by atoms with Crippen LogP contribution in [0, 0.1) is 26.2 Å². The van der Waals surface area contributed by atoms with E-state index in [1.807, 2.05) is 0 Å². The normalized spacial score (nSPS) is 11.3. The van der Waals surface area contributed by atoms with Gasteiger partial charge in [-0.05, 0) is 42.8 Å². The van der Waals surface area contributed by atoms with Gasteiger partial charge in [-0.3, -0.25) is 0 Å². The Morgan fingerprint density at radius 1 is 1.04 bits per heavy atom. The number of sulfone groups is 1. The Morgan fingerprint density at radius 2 is 1.65 bits per heavy atom. The van der Waals surface area contributed by atoms with Gasteiger partial charge in [-0.1, -0.05) is 31.5 Å². The molecule has 0 amide bonds. The summed E-state index contributed by atoms with van der Waals surface area (Å²) in [5.74, 6) is 0.691. The van der Waals surface area contributed by atoms with Crippen LogP contribution in [0.4, 0.5) is 0 Å². The minimum Gasteiger partial charge on any atom is -0.494 e. The third kappa shape index (κ3) is 4.35. The first kappa shape index (κ1) is 20.2. The molecule has 0 fully saturated rings. The van der Waals surface area contributed by atoms with Crippen molar-refractivity contribution in [2.75, 3.05) is 6.61 Å². The van der Waals surface area contributed by atoms with Gasteiger partial charge in [-0.25, -0.2) is 8.42 Å². The Morgan fingerprint density at radius 3 is 2.19 bits per heavy atom. The second kappa shape index (κ2) is 9.02. The summed E-state index contributed by atoms with van der Waals surface area (Å²) in [6, 6.07) is 18.2. The Hall–Kier alpha value is -2.10. The first-order valence-electron chi connectivity index (χ1n) is 8.00. The highest BCUT2D eigenvalue weighted by Gasteiger charge is 2.60. The van der Waals surface area contributed by atoms with Crippen molar-refractivity contribution in [3.05, 3.63) is 58.2 Å². The van der Waals surface area contributed by atoms with Crippen molar-refractivity contribution in [2.45, 2.75) is 27.4 Å². The molecular formula is C19H18IN2O3S+. The van der Waals surface area contributed by atoms with Gasteiger partial charge in [-0.15, -0.1) is 0 Å². The maximum Gasteiger partial charge on any atom is 0.437 e. The van der Waals surface area contributed by atoms with Crippen molar-refractivity contribution in [1.29, 1.82) is 10.5 Å². The lowest BCUT2D eigenvalue weighted by Gasteiger charge is -2.09. The smallest absolute Gasteiger partial charge is 0.437 e. The molecule has 0 spiro atoms. The number of rotatable bonds is 8. The van der Waals surface area contributed by atoms with E-state index in [9.17, 15) is 18.9 Å². The fourth-order valence-corrected chi connectivity index (χ4v) is 7.33. The van der Waals surface area contributed by atoms with E-state index in [0.717, 1.165) is 12.8 Å². The fraction of sp³-hybridized carbons (Fsp3) is 0.263. The Labute approximate surface area is 164 Å². The molecule has 0 saturated carbocycles. The third-order valence-electron chi connectivity index (χ3n) is 3.53. The van der Waals surface area contributed by atoms with Gasteiger partial charge in [0, 0.05) is 0 Å². The molecule has 0 radical (unpaired) electrons. The lowest BCUT2D eigenvalue weighted by atomic mass is 10.3. The predicted molar refractivity (Wildman–Crippen MR) is 93.1 cm³/mol. The molecule has 0 N–H and O–H groups in total. The molecule has 0 saturated heterocycles. The number of unbranched alkanes of at least 4 members (excludes halogenated alkanes) is 1. The summed E-state index contributed by atoms with van der Waals surface area (Å²) < 4.78 is 30.0. The molecule has 0 aromatic heterocycles. The summed E-state index contributed by atoms with van der Waals surface area (Å²) in [4.78, 5) is -0.0117. The maximum absolute atomic E-state index is 12.9. The monoisotopic (exact) mass is 481 g/mol. The summed E-state index contributed by atoms with van der Waals surface area (Å²) in [6.45, 7) is 2.70. The first-order chi connectivity index (χ1) is 12.5. The zero-order valence-electron chi connectivity index (χ0n) is 14.2. The van der Waals surface area contributed by atoms with E-state index < -0.39 is 33.8 Å². The van der Waals surface area contributed by atoms with Crippen LogP contribution < -0.4 is 25.9 Å². The summed E-state index contributed by atoms with van der Waals surface area (Å²) in [6.07, 6.45) is 1.99. The fourth-order valence-electron chi connectivity index (χ4n) is 2.08. The molecule has 2 rings (SSSR count). The van der Waals surface area contributed by atoms with Crippen LogP contribution in [0.25, 0.3) is 0 Å². The molecule has 0 heterocycles. The standard InChI is InChI=1S/C19H18IN2O3S/c1-2-3-13-25-17-11-9-16(10-12-17)20-19(14-21,15-22)26(23,24)18-7-5-4-6-8-18/h4-12H,2-3,13H2,1H3/q+1.